The lowest BCUT2D eigenvalue weighted by Gasteiger charge is -1.90. The van der Waals surface area contributed by atoms with Gasteiger partial charge in [0.25, 0.3) is 0 Å². The molecule has 11 heavy (non-hydrogen) atoms. The minimum absolute atomic E-state index is 0.155. The van der Waals surface area contributed by atoms with Gasteiger partial charge in [0.1, 0.15) is 5.52 Å². The quantitative estimate of drug-likeness (QED) is 0.583. The summed E-state index contributed by atoms with van der Waals surface area (Å²) < 4.78 is 0. The highest BCUT2D eigenvalue weighted by Crippen LogP contribution is 1.99. The van der Waals surface area contributed by atoms with Gasteiger partial charge in [0.15, 0.2) is 0 Å². The van der Waals surface area contributed by atoms with Gasteiger partial charge < -0.3 is 4.98 Å². The van der Waals surface area contributed by atoms with Crippen molar-refractivity contribution in [2.75, 3.05) is 0 Å². The van der Waals surface area contributed by atoms with Crippen molar-refractivity contribution in [2.24, 2.45) is 0 Å². The van der Waals surface area contributed by atoms with E-state index in [1.54, 1.807) is 18.6 Å². The molecule has 0 aliphatic heterocycles. The number of H-pyrrole nitrogens is 1. The fraction of sp³-hybridized carbons (Fsp3) is 0. The van der Waals surface area contributed by atoms with Gasteiger partial charge in [-0.15, -0.1) is 0 Å². The zero-order valence-corrected chi connectivity index (χ0v) is 5.61. The SMILES string of the molecule is O=c1cc2nccnc2c[nH]1. The summed E-state index contributed by atoms with van der Waals surface area (Å²) in [4.78, 5) is 21.2. The van der Waals surface area contributed by atoms with Crippen molar-refractivity contribution >= 4 is 11.0 Å². The van der Waals surface area contributed by atoms with E-state index in [-0.39, 0.29) is 5.56 Å². The maximum absolute atomic E-state index is 10.8. The van der Waals surface area contributed by atoms with Gasteiger partial charge in [0.2, 0.25) is 5.56 Å². The van der Waals surface area contributed by atoms with Crippen LogP contribution in [0.4, 0.5) is 0 Å². The molecular formula is C7H5N3O. The van der Waals surface area contributed by atoms with E-state index in [4.69, 9.17) is 0 Å². The number of aromatic amines is 1. The van der Waals surface area contributed by atoms with Crippen molar-refractivity contribution in [3.05, 3.63) is 35.0 Å². The molecule has 0 aliphatic rings. The number of aromatic nitrogens is 3. The third kappa shape index (κ3) is 0.980. The number of pyridine rings is 1. The number of nitrogens with zero attached hydrogens (tertiary/aromatic N) is 2. The van der Waals surface area contributed by atoms with Crippen LogP contribution in [0.15, 0.2) is 29.5 Å². The maximum Gasteiger partial charge on any atom is 0.250 e. The lowest BCUT2D eigenvalue weighted by Crippen LogP contribution is -2.02. The normalized spacial score (nSPS) is 10.2. The second kappa shape index (κ2) is 2.16. The van der Waals surface area contributed by atoms with Crippen LogP contribution in [0.2, 0.25) is 0 Å². The smallest absolute Gasteiger partial charge is 0.250 e. The Balaban J connectivity index is 2.94. The van der Waals surface area contributed by atoms with Gasteiger partial charge in [0, 0.05) is 24.7 Å². The van der Waals surface area contributed by atoms with Crippen molar-refractivity contribution in [3.63, 3.8) is 0 Å². The summed E-state index contributed by atoms with van der Waals surface area (Å²) in [6.45, 7) is 0. The molecule has 1 N–H and O–H groups in total. The molecule has 0 saturated heterocycles. The Labute approximate surface area is 61.9 Å². The maximum atomic E-state index is 10.8. The minimum atomic E-state index is -0.155. The fourth-order valence-electron chi connectivity index (χ4n) is 0.887. The van der Waals surface area contributed by atoms with Gasteiger partial charge in [-0.25, -0.2) is 0 Å². The van der Waals surface area contributed by atoms with Crippen LogP contribution in [0.3, 0.4) is 0 Å². The highest BCUT2D eigenvalue weighted by molar-refractivity contribution is 5.71. The van der Waals surface area contributed by atoms with Crippen LogP contribution in [-0.4, -0.2) is 15.0 Å². The number of nitrogens with one attached hydrogen (secondary N) is 1. The summed E-state index contributed by atoms with van der Waals surface area (Å²) in [5.41, 5.74) is 1.17. The molecule has 2 aromatic rings. The summed E-state index contributed by atoms with van der Waals surface area (Å²) in [5, 5.41) is 0. The Morgan fingerprint density at radius 1 is 1.18 bits per heavy atom. The van der Waals surface area contributed by atoms with Crippen LogP contribution in [0.25, 0.3) is 11.0 Å². The number of hydrogen-bond acceptors (Lipinski definition) is 3. The molecule has 0 atom stereocenters. The van der Waals surface area contributed by atoms with E-state index in [0.29, 0.717) is 11.0 Å². The molecule has 2 aromatic heterocycles. The summed E-state index contributed by atoms with van der Waals surface area (Å²) in [7, 11) is 0. The summed E-state index contributed by atoms with van der Waals surface area (Å²) in [6, 6.07) is 1.42. The molecule has 2 heterocycles. The molecule has 0 aromatic carbocycles. The van der Waals surface area contributed by atoms with Crippen molar-refractivity contribution < 1.29 is 0 Å². The lowest BCUT2D eigenvalue weighted by atomic mass is 10.4. The first-order valence-electron chi connectivity index (χ1n) is 3.16. The van der Waals surface area contributed by atoms with Gasteiger partial charge in [0.05, 0.1) is 5.52 Å². The van der Waals surface area contributed by atoms with Gasteiger partial charge in [-0.2, -0.15) is 0 Å². The first-order valence-corrected chi connectivity index (χ1v) is 3.16. The Morgan fingerprint density at radius 2 is 1.91 bits per heavy atom. The zero-order chi connectivity index (χ0) is 7.68. The second-order valence-corrected chi connectivity index (χ2v) is 2.12. The average Bonchev–Trinajstić information content (AvgIpc) is 2.04. The second-order valence-electron chi connectivity index (χ2n) is 2.12. The number of rotatable bonds is 0. The van der Waals surface area contributed by atoms with Crippen LogP contribution in [0.5, 0.6) is 0 Å². The van der Waals surface area contributed by atoms with Crippen LogP contribution in [0.1, 0.15) is 0 Å². The minimum Gasteiger partial charge on any atom is -0.327 e. The third-order valence-electron chi connectivity index (χ3n) is 1.38. The van der Waals surface area contributed by atoms with Crippen molar-refractivity contribution in [1.29, 1.82) is 0 Å². The van der Waals surface area contributed by atoms with E-state index < -0.39 is 0 Å². The Bertz CT molecular complexity index is 435. The van der Waals surface area contributed by atoms with Crippen LogP contribution in [-0.2, 0) is 0 Å². The topological polar surface area (TPSA) is 58.6 Å². The van der Waals surface area contributed by atoms with E-state index in [0.717, 1.165) is 0 Å². The third-order valence-corrected chi connectivity index (χ3v) is 1.38. The predicted octanol–water partition coefficient (Wildman–Crippen LogP) is 0.318. The van der Waals surface area contributed by atoms with Crippen molar-refractivity contribution in [1.82, 2.24) is 15.0 Å². The van der Waals surface area contributed by atoms with Crippen molar-refractivity contribution in [2.45, 2.75) is 0 Å². The first-order chi connectivity index (χ1) is 5.36. The molecule has 0 bridgehead atoms. The van der Waals surface area contributed by atoms with Crippen molar-refractivity contribution in [3.8, 4) is 0 Å². The fourth-order valence-corrected chi connectivity index (χ4v) is 0.887. The van der Waals surface area contributed by atoms with E-state index in [2.05, 4.69) is 15.0 Å². The highest BCUT2D eigenvalue weighted by Gasteiger charge is 1.92. The van der Waals surface area contributed by atoms with E-state index >= 15 is 0 Å². The molecule has 4 heteroatoms. The van der Waals surface area contributed by atoms with Gasteiger partial charge in [-0.05, 0) is 0 Å². The monoisotopic (exact) mass is 147 g/mol. The predicted molar refractivity (Wildman–Crippen MR) is 40.2 cm³/mol. The van der Waals surface area contributed by atoms with E-state index in [1.807, 2.05) is 0 Å². The Kier molecular flexibility index (Phi) is 1.18. The summed E-state index contributed by atoms with van der Waals surface area (Å²) in [5.74, 6) is 0. The molecule has 0 fully saturated rings. The molecule has 54 valence electrons. The molecule has 0 amide bonds. The molecule has 2 rings (SSSR count). The Hall–Kier alpha value is -1.71. The summed E-state index contributed by atoms with van der Waals surface area (Å²) in [6.07, 6.45) is 4.69. The first kappa shape index (κ1) is 6.03. The van der Waals surface area contributed by atoms with Crippen LogP contribution >= 0.6 is 0 Å². The van der Waals surface area contributed by atoms with Crippen LogP contribution < -0.4 is 5.56 Å². The van der Waals surface area contributed by atoms with E-state index in [9.17, 15) is 4.79 Å². The average molecular weight is 147 g/mol. The van der Waals surface area contributed by atoms with Gasteiger partial charge in [-0.1, -0.05) is 0 Å². The van der Waals surface area contributed by atoms with Gasteiger partial charge >= 0.3 is 0 Å². The molecule has 0 spiro atoms. The van der Waals surface area contributed by atoms with Crippen LogP contribution in [0, 0.1) is 0 Å². The standard InChI is InChI=1S/C7H5N3O/c11-7-3-5-6(4-10-7)9-2-1-8-5/h1-4H,(H,10,11). The largest absolute Gasteiger partial charge is 0.327 e. The lowest BCUT2D eigenvalue weighted by molar-refractivity contribution is 1.21. The number of fused-ring (bicyclic) bond motifs is 1. The van der Waals surface area contributed by atoms with Gasteiger partial charge in [-0.3, -0.25) is 14.8 Å². The van der Waals surface area contributed by atoms with E-state index in [1.165, 1.54) is 6.07 Å². The summed E-state index contributed by atoms with van der Waals surface area (Å²) >= 11 is 0. The molecule has 0 radical (unpaired) electrons. The molecule has 0 saturated carbocycles. The number of hydrogen-bond donors (Lipinski definition) is 1. The molecule has 0 unspecified atom stereocenters. The Morgan fingerprint density at radius 3 is 2.73 bits per heavy atom. The molecule has 4 nitrogen and oxygen atoms in total. The molecule has 0 aliphatic carbocycles. The molecular weight excluding hydrogens is 142 g/mol. The highest BCUT2D eigenvalue weighted by atomic mass is 16.1. The zero-order valence-electron chi connectivity index (χ0n) is 5.61.